The van der Waals surface area contributed by atoms with Gasteiger partial charge in [-0.2, -0.15) is 0 Å². The van der Waals surface area contributed by atoms with Crippen LogP contribution in [0.15, 0.2) is 223 Å². The highest BCUT2D eigenvalue weighted by Gasteiger charge is 2.51. The van der Waals surface area contributed by atoms with Gasteiger partial charge in [0.15, 0.2) is 0 Å². The number of aromatic nitrogens is 2. The fraction of sp³-hybridized carbons (Fsp3) is 0.0159. The Bertz CT molecular complexity index is 4190. The van der Waals surface area contributed by atoms with E-state index < -0.39 is 5.41 Å². The topological polar surface area (TPSA) is 38.9 Å². The fourth-order valence-electron chi connectivity index (χ4n) is 11.9. The second-order valence-corrected chi connectivity index (χ2v) is 17.9. The van der Waals surface area contributed by atoms with Gasteiger partial charge in [-0.25, -0.2) is 9.97 Å². The van der Waals surface area contributed by atoms with Gasteiger partial charge in [-0.05, 0) is 95.9 Å². The molecule has 2 aliphatic carbocycles. The van der Waals surface area contributed by atoms with Gasteiger partial charge < -0.3 is 4.42 Å². The van der Waals surface area contributed by atoms with E-state index in [4.69, 9.17) is 14.4 Å². The number of hydrogen-bond donors (Lipinski definition) is 0. The lowest BCUT2D eigenvalue weighted by atomic mass is 9.70. The van der Waals surface area contributed by atoms with Gasteiger partial charge >= 0.3 is 0 Å². The molecule has 0 fully saturated rings. The van der Waals surface area contributed by atoms with Crippen molar-refractivity contribution in [3.63, 3.8) is 0 Å². The van der Waals surface area contributed by atoms with Crippen molar-refractivity contribution in [3.8, 4) is 55.9 Å². The zero-order valence-corrected chi connectivity index (χ0v) is 35.6. The first-order chi connectivity index (χ1) is 32.7. The molecule has 11 aromatic carbocycles. The average Bonchev–Trinajstić information content (AvgIpc) is 4.03. The van der Waals surface area contributed by atoms with Crippen LogP contribution >= 0.6 is 0 Å². The molecule has 15 rings (SSSR count). The third-order valence-corrected chi connectivity index (χ3v) is 14.6. The van der Waals surface area contributed by atoms with Gasteiger partial charge in [0.1, 0.15) is 11.2 Å². The molecule has 0 unspecified atom stereocenters. The minimum absolute atomic E-state index is 0.490. The monoisotopic (exact) mass is 836 g/mol. The molecule has 2 heterocycles. The summed E-state index contributed by atoms with van der Waals surface area (Å²) >= 11 is 0. The van der Waals surface area contributed by atoms with Crippen LogP contribution in [0.25, 0.3) is 121 Å². The predicted molar refractivity (Wildman–Crippen MR) is 272 cm³/mol. The van der Waals surface area contributed by atoms with E-state index in [1.807, 2.05) is 6.07 Å². The van der Waals surface area contributed by atoms with Gasteiger partial charge in [-0.3, -0.25) is 0 Å². The number of hydrogen-bond acceptors (Lipinski definition) is 3. The molecule has 0 saturated heterocycles. The Balaban J connectivity index is 1.03. The molecule has 304 valence electrons. The molecule has 0 amide bonds. The van der Waals surface area contributed by atoms with E-state index in [1.165, 1.54) is 66.1 Å². The third-order valence-electron chi connectivity index (χ3n) is 14.6. The average molecular weight is 837 g/mol. The maximum atomic E-state index is 6.77. The molecule has 0 aliphatic heterocycles. The van der Waals surface area contributed by atoms with Crippen LogP contribution < -0.4 is 0 Å². The summed E-state index contributed by atoms with van der Waals surface area (Å²) in [7, 11) is 0. The van der Waals surface area contributed by atoms with Crippen molar-refractivity contribution in [2.45, 2.75) is 5.41 Å². The van der Waals surface area contributed by atoms with E-state index in [-0.39, 0.29) is 0 Å². The van der Waals surface area contributed by atoms with Gasteiger partial charge in [-0.1, -0.05) is 194 Å². The lowest BCUT2D eigenvalue weighted by molar-refractivity contribution is 0.670. The van der Waals surface area contributed by atoms with Crippen LogP contribution in [-0.2, 0) is 5.41 Å². The summed E-state index contributed by atoms with van der Waals surface area (Å²) in [5.41, 5.74) is 19.2. The largest absolute Gasteiger partial charge is 0.455 e. The quantitative estimate of drug-likeness (QED) is 0.166. The fourth-order valence-corrected chi connectivity index (χ4v) is 11.9. The van der Waals surface area contributed by atoms with Crippen LogP contribution in [0.3, 0.4) is 0 Å². The van der Waals surface area contributed by atoms with E-state index in [0.717, 1.165) is 77.4 Å². The zero-order valence-electron chi connectivity index (χ0n) is 35.6. The van der Waals surface area contributed by atoms with Crippen LogP contribution in [0.4, 0.5) is 0 Å². The summed E-state index contributed by atoms with van der Waals surface area (Å²) in [6, 6.07) is 79.4. The second kappa shape index (κ2) is 13.2. The summed E-state index contributed by atoms with van der Waals surface area (Å²) in [5.74, 6) is 0. The van der Waals surface area contributed by atoms with Crippen LogP contribution in [0.5, 0.6) is 0 Å². The van der Waals surface area contributed by atoms with Gasteiger partial charge in [0.05, 0.1) is 27.8 Å². The lowest BCUT2D eigenvalue weighted by Gasteiger charge is -2.30. The summed E-state index contributed by atoms with van der Waals surface area (Å²) in [5, 5.41) is 9.12. The summed E-state index contributed by atoms with van der Waals surface area (Å²) in [6.07, 6.45) is 0. The number of fused-ring (bicyclic) bond motifs is 21. The first kappa shape index (κ1) is 35.8. The molecule has 0 N–H and O–H groups in total. The van der Waals surface area contributed by atoms with Gasteiger partial charge in [0.25, 0.3) is 0 Å². The second-order valence-electron chi connectivity index (χ2n) is 17.9. The Labute approximate surface area is 379 Å². The predicted octanol–water partition coefficient (Wildman–Crippen LogP) is 16.3. The van der Waals surface area contributed by atoms with Crippen LogP contribution in [0.2, 0.25) is 0 Å². The number of nitrogens with zero attached hydrogens (tertiary/aromatic N) is 2. The van der Waals surface area contributed by atoms with Crippen molar-refractivity contribution >= 4 is 65.3 Å². The van der Waals surface area contributed by atoms with Gasteiger partial charge in [-0.15, -0.1) is 0 Å². The maximum absolute atomic E-state index is 6.77. The van der Waals surface area contributed by atoms with Crippen LogP contribution in [0, 0.1) is 0 Å². The Hall–Kier alpha value is -8.66. The van der Waals surface area contributed by atoms with E-state index in [1.54, 1.807) is 0 Å². The van der Waals surface area contributed by atoms with E-state index >= 15 is 0 Å². The van der Waals surface area contributed by atoms with Crippen molar-refractivity contribution in [3.05, 3.63) is 241 Å². The van der Waals surface area contributed by atoms with E-state index in [9.17, 15) is 0 Å². The number of benzene rings is 11. The molecule has 0 atom stereocenters. The molecular weight excluding hydrogens is 801 g/mol. The molecule has 3 heteroatoms. The first-order valence-electron chi connectivity index (χ1n) is 22.7. The molecule has 0 bridgehead atoms. The van der Waals surface area contributed by atoms with Crippen molar-refractivity contribution in [1.82, 2.24) is 9.97 Å². The SMILES string of the molecule is c1cc(-c2nc3c4ccccc4c4ccccc4c3nc2-c2ccc3c(c2)C2(c4ccccc4-c4ccccc42)c2ccccc2-3)cc(-c2cc3ccccc3c3c2oc2ccccc23)c1. The number of furan rings is 1. The highest BCUT2D eigenvalue weighted by Crippen LogP contribution is 2.63. The Morgan fingerprint density at radius 3 is 1.44 bits per heavy atom. The molecule has 0 radical (unpaired) electrons. The van der Waals surface area contributed by atoms with Crippen molar-refractivity contribution in [1.29, 1.82) is 0 Å². The third kappa shape index (κ3) is 4.66. The summed E-state index contributed by atoms with van der Waals surface area (Å²) < 4.78 is 6.77. The van der Waals surface area contributed by atoms with Crippen LogP contribution in [0.1, 0.15) is 22.3 Å². The summed E-state index contributed by atoms with van der Waals surface area (Å²) in [6.45, 7) is 0. The van der Waals surface area contributed by atoms with E-state index in [2.05, 4.69) is 212 Å². The minimum atomic E-state index is -0.490. The highest BCUT2D eigenvalue weighted by molar-refractivity contribution is 6.24. The van der Waals surface area contributed by atoms with Gasteiger partial charge in [0.2, 0.25) is 0 Å². The smallest absolute Gasteiger partial charge is 0.143 e. The lowest BCUT2D eigenvalue weighted by Crippen LogP contribution is -2.25. The molecule has 0 saturated carbocycles. The van der Waals surface area contributed by atoms with Gasteiger partial charge in [0, 0.05) is 38.2 Å². The molecule has 13 aromatic rings. The van der Waals surface area contributed by atoms with E-state index in [0.29, 0.717) is 0 Å². The molecule has 66 heavy (non-hydrogen) atoms. The first-order valence-corrected chi connectivity index (χ1v) is 22.7. The van der Waals surface area contributed by atoms with Crippen molar-refractivity contribution in [2.24, 2.45) is 0 Å². The normalized spacial score (nSPS) is 13.3. The standard InChI is InChI=1S/C63H36N2O/c1-2-19-41-38(16-1)35-51(62-57(41)50-27-10-14-31-56(50)66-62)37-17-15-18-39(34-37)58-59(65-61-49-26-6-4-21-43(49)42-20-3-5-25-48(42)60(61)64-58)40-32-33-47-46-24-9-13-30-54(46)63(55(47)36-40)52-28-11-7-22-44(52)45-23-8-12-29-53(45)63/h1-36H. The Morgan fingerprint density at radius 2 is 0.803 bits per heavy atom. The van der Waals surface area contributed by atoms with Crippen molar-refractivity contribution in [2.75, 3.05) is 0 Å². The molecule has 1 spiro atoms. The summed E-state index contributed by atoms with van der Waals surface area (Å²) in [4.78, 5) is 11.6. The molecule has 2 aliphatic rings. The highest BCUT2D eigenvalue weighted by atomic mass is 16.3. The maximum Gasteiger partial charge on any atom is 0.143 e. The molecule has 3 nitrogen and oxygen atoms in total. The van der Waals surface area contributed by atoms with Crippen molar-refractivity contribution < 1.29 is 4.42 Å². The van der Waals surface area contributed by atoms with Crippen LogP contribution in [-0.4, -0.2) is 9.97 Å². The number of rotatable bonds is 3. The molecular formula is C63H36N2O. The zero-order chi connectivity index (χ0) is 43.1. The number of para-hydroxylation sites is 1. The minimum Gasteiger partial charge on any atom is -0.455 e. The molecule has 2 aromatic heterocycles. The Kier molecular flexibility index (Phi) is 7.15. The Morgan fingerprint density at radius 1 is 0.318 bits per heavy atom.